The molecule has 2 atom stereocenters. The Bertz CT molecular complexity index is 575. The van der Waals surface area contributed by atoms with E-state index in [0.29, 0.717) is 51.7 Å². The number of hydrogen-bond donors (Lipinski definition) is 0. The van der Waals surface area contributed by atoms with Gasteiger partial charge in [-0.3, -0.25) is 9.59 Å². The van der Waals surface area contributed by atoms with Crippen molar-refractivity contribution >= 4 is 53.1 Å². The molecule has 0 radical (unpaired) electrons. The molecule has 0 aromatic rings. The van der Waals surface area contributed by atoms with Gasteiger partial charge in [-0.25, -0.2) is 0 Å². The molecule has 0 saturated carbocycles. The van der Waals surface area contributed by atoms with E-state index in [1.807, 2.05) is 55.4 Å². The number of esters is 2. The summed E-state index contributed by atoms with van der Waals surface area (Å²) in [6, 6.07) is 1.41. The smallest absolute Gasteiger partial charge is 0.461 e. The van der Waals surface area contributed by atoms with Gasteiger partial charge in [0.05, 0.1) is 10.5 Å². The van der Waals surface area contributed by atoms with Crippen molar-refractivity contribution in [3.63, 3.8) is 0 Å². The summed E-state index contributed by atoms with van der Waals surface area (Å²) in [7, 11) is -5.33. The first-order chi connectivity index (χ1) is 19.2. The molecule has 0 bridgehead atoms. The Morgan fingerprint density at radius 3 is 1.07 bits per heavy atom. The van der Waals surface area contributed by atoms with Gasteiger partial charge >= 0.3 is 29.5 Å². The molecule has 0 aliphatic rings. The highest BCUT2D eigenvalue weighted by Gasteiger charge is 2.40. The zero-order valence-electron chi connectivity index (χ0n) is 26.0. The van der Waals surface area contributed by atoms with Crippen molar-refractivity contribution < 1.29 is 45.6 Å². The summed E-state index contributed by atoms with van der Waals surface area (Å²) >= 11 is 3.03. The average Bonchev–Trinajstić information content (AvgIpc) is 2.92. The zero-order chi connectivity index (χ0) is 30.3. The maximum Gasteiger partial charge on any atom is 0.500 e. The van der Waals surface area contributed by atoms with Crippen molar-refractivity contribution in [2.24, 2.45) is 0 Å². The van der Waals surface area contributed by atoms with E-state index in [1.165, 1.54) is 23.5 Å². The molecule has 0 N–H and O–H groups in total. The first-order valence-corrected chi connectivity index (χ1v) is 20.5. The van der Waals surface area contributed by atoms with Gasteiger partial charge in [0.2, 0.25) is 0 Å². The predicted octanol–water partition coefficient (Wildman–Crippen LogP) is 5.19. The summed E-state index contributed by atoms with van der Waals surface area (Å²) in [5.74, 6) is 0.866. The van der Waals surface area contributed by atoms with Crippen molar-refractivity contribution in [3.8, 4) is 0 Å². The first kappa shape index (κ1) is 39.8. The lowest BCUT2D eigenvalue weighted by Crippen LogP contribution is -2.46. The lowest BCUT2D eigenvalue weighted by molar-refractivity contribution is -0.151. The molecule has 0 aromatic heterocycles. The Morgan fingerprint density at radius 1 is 0.550 bits per heavy atom. The molecule has 40 heavy (non-hydrogen) atoms. The molecule has 0 amide bonds. The summed E-state index contributed by atoms with van der Waals surface area (Å²) in [6.07, 6.45) is 1.63. The fourth-order valence-corrected chi connectivity index (χ4v) is 11.2. The highest BCUT2D eigenvalue weighted by atomic mass is 32.2. The largest absolute Gasteiger partial charge is 0.500 e. The minimum atomic E-state index is -2.67. The molecule has 0 saturated heterocycles. The summed E-state index contributed by atoms with van der Waals surface area (Å²) < 4.78 is 45.8. The zero-order valence-corrected chi connectivity index (χ0v) is 29.6. The molecule has 10 nitrogen and oxygen atoms in total. The van der Waals surface area contributed by atoms with Crippen LogP contribution < -0.4 is 0 Å². The third-order valence-corrected chi connectivity index (χ3v) is 14.1. The highest BCUT2D eigenvalue weighted by molar-refractivity contribution is 8.00. The van der Waals surface area contributed by atoms with Crippen molar-refractivity contribution in [1.29, 1.82) is 0 Å². The van der Waals surface area contributed by atoms with Gasteiger partial charge in [0, 0.05) is 51.7 Å². The molecular weight excluding hydrogens is 593 g/mol. The van der Waals surface area contributed by atoms with Crippen LogP contribution in [0.5, 0.6) is 0 Å². The van der Waals surface area contributed by atoms with Gasteiger partial charge in [-0.1, -0.05) is 0 Å². The van der Waals surface area contributed by atoms with Crippen molar-refractivity contribution in [2.45, 2.75) is 90.8 Å². The molecule has 0 spiro atoms. The van der Waals surface area contributed by atoms with Crippen LogP contribution in [0.3, 0.4) is 0 Å². The van der Waals surface area contributed by atoms with E-state index in [0.717, 1.165) is 24.3 Å². The Labute approximate surface area is 253 Å². The van der Waals surface area contributed by atoms with Gasteiger partial charge in [-0.2, -0.15) is 0 Å². The third kappa shape index (κ3) is 17.1. The molecule has 14 heteroatoms. The van der Waals surface area contributed by atoms with E-state index >= 15 is 0 Å². The van der Waals surface area contributed by atoms with Gasteiger partial charge in [0.1, 0.15) is 13.2 Å². The maximum atomic E-state index is 12.3. The maximum absolute atomic E-state index is 12.3. The molecule has 0 fully saturated rings. The Morgan fingerprint density at radius 2 is 0.825 bits per heavy atom. The first-order valence-electron chi connectivity index (χ1n) is 14.6. The summed E-state index contributed by atoms with van der Waals surface area (Å²) in [5, 5.41) is -0.651. The van der Waals surface area contributed by atoms with Gasteiger partial charge in [0.25, 0.3) is 0 Å². The van der Waals surface area contributed by atoms with Crippen molar-refractivity contribution in [2.75, 3.05) is 64.4 Å². The summed E-state index contributed by atoms with van der Waals surface area (Å²) in [5.41, 5.74) is 0. The van der Waals surface area contributed by atoms with Gasteiger partial charge in [-0.05, 0) is 79.7 Å². The van der Waals surface area contributed by atoms with E-state index < -0.39 is 17.6 Å². The van der Waals surface area contributed by atoms with Crippen molar-refractivity contribution in [1.82, 2.24) is 0 Å². The second-order valence-electron chi connectivity index (χ2n) is 8.53. The average molecular weight is 647 g/mol. The fraction of sp³-hybridized carbons (Fsp3) is 0.923. The quantitative estimate of drug-likeness (QED) is 0.0666. The lowest BCUT2D eigenvalue weighted by Gasteiger charge is -2.28. The SMILES string of the molecule is CCO[Si](CCCSC(C)C(=O)OCCOC(=O)C(C)SCCC[Si](OCC)(OCC)OCC)(OCC)OCC. The van der Waals surface area contributed by atoms with Crippen LogP contribution in [0, 0.1) is 0 Å². The minimum Gasteiger partial charge on any atom is -0.461 e. The number of thioether (sulfide) groups is 2. The van der Waals surface area contributed by atoms with Crippen LogP contribution in [-0.2, 0) is 45.6 Å². The Hall–Kier alpha value is -0.166. The second kappa shape index (κ2) is 24.3. The van der Waals surface area contributed by atoms with Crippen LogP contribution in [0.2, 0.25) is 12.1 Å². The number of hydrogen-bond acceptors (Lipinski definition) is 12. The van der Waals surface area contributed by atoms with Gasteiger partial charge in [-0.15, -0.1) is 23.5 Å². The van der Waals surface area contributed by atoms with E-state index in [2.05, 4.69) is 0 Å². The lowest BCUT2D eigenvalue weighted by atomic mass is 10.5. The van der Waals surface area contributed by atoms with E-state index in [-0.39, 0.29) is 35.7 Å². The normalized spacial score (nSPS) is 13.7. The second-order valence-corrected chi connectivity index (χ2v) is 16.9. The fourth-order valence-electron chi connectivity index (χ4n) is 3.76. The van der Waals surface area contributed by atoms with Gasteiger partial charge in [0.15, 0.2) is 0 Å². The summed E-state index contributed by atoms with van der Waals surface area (Å²) in [4.78, 5) is 24.7. The molecule has 0 rings (SSSR count). The van der Waals surface area contributed by atoms with Crippen LogP contribution in [0.1, 0.15) is 68.2 Å². The monoisotopic (exact) mass is 646 g/mol. The van der Waals surface area contributed by atoms with E-state index in [1.54, 1.807) is 0 Å². The predicted molar refractivity (Wildman–Crippen MR) is 166 cm³/mol. The summed E-state index contributed by atoms with van der Waals surface area (Å²) in [6.45, 7) is 18.6. The molecule has 0 aliphatic carbocycles. The number of carbonyl (C=O) groups is 2. The number of rotatable bonds is 27. The van der Waals surface area contributed by atoms with Crippen LogP contribution >= 0.6 is 23.5 Å². The molecule has 0 aromatic carbocycles. The Balaban J connectivity index is 4.25. The topological polar surface area (TPSA) is 108 Å². The molecule has 2 unspecified atom stereocenters. The van der Waals surface area contributed by atoms with E-state index in [9.17, 15) is 9.59 Å². The van der Waals surface area contributed by atoms with E-state index in [4.69, 9.17) is 36.0 Å². The number of ether oxygens (including phenoxy) is 2. The van der Waals surface area contributed by atoms with Crippen LogP contribution in [0.15, 0.2) is 0 Å². The van der Waals surface area contributed by atoms with Crippen LogP contribution in [0.25, 0.3) is 0 Å². The standard InChI is InChI=1S/C26H54O10S2Si2/c1-9-31-39(32-10-2,33-11-3)21-15-19-37-23(7)25(27)29-17-18-30-26(28)24(8)38-20-16-22-40(34-12-4,35-13-5)36-14-6/h23-24H,9-22H2,1-8H3. The molecule has 0 aliphatic heterocycles. The van der Waals surface area contributed by atoms with Crippen molar-refractivity contribution in [3.05, 3.63) is 0 Å². The van der Waals surface area contributed by atoms with Gasteiger partial charge < -0.3 is 36.0 Å². The molecule has 0 heterocycles. The molecule has 238 valence electrons. The van der Waals surface area contributed by atoms with Crippen LogP contribution in [0.4, 0.5) is 0 Å². The third-order valence-electron chi connectivity index (χ3n) is 5.41. The number of carbonyl (C=O) groups excluding carboxylic acids is 2. The minimum absolute atomic E-state index is 0.0348. The Kier molecular flexibility index (Phi) is 24.2. The molecular formula is C26H54O10S2Si2. The van der Waals surface area contributed by atoms with Crippen LogP contribution in [-0.4, -0.2) is 104 Å². The highest BCUT2D eigenvalue weighted by Crippen LogP contribution is 2.23.